The van der Waals surface area contributed by atoms with Crippen molar-refractivity contribution in [3.05, 3.63) is 212 Å². The number of benzene rings is 9. The molecule has 0 spiro atoms. The van der Waals surface area contributed by atoms with Crippen LogP contribution in [0.15, 0.2) is 212 Å². The first-order valence-electron chi connectivity index (χ1n) is 17.5. The maximum atomic E-state index is 2.36. The summed E-state index contributed by atoms with van der Waals surface area (Å²) in [5, 5.41) is 4.96. The van der Waals surface area contributed by atoms with Gasteiger partial charge in [-0.05, 0) is 102 Å². The van der Waals surface area contributed by atoms with Crippen LogP contribution in [0.25, 0.3) is 66.1 Å². The van der Waals surface area contributed by atoms with E-state index in [1.807, 2.05) is 0 Å². The fourth-order valence-electron chi connectivity index (χ4n) is 7.27. The van der Waals surface area contributed by atoms with Gasteiger partial charge in [0.1, 0.15) is 0 Å². The van der Waals surface area contributed by atoms with E-state index in [2.05, 4.69) is 217 Å². The summed E-state index contributed by atoms with van der Waals surface area (Å²) in [6.07, 6.45) is 0. The van der Waals surface area contributed by atoms with Crippen LogP contribution >= 0.6 is 0 Å². The predicted molar refractivity (Wildman–Crippen MR) is 218 cm³/mol. The maximum absolute atomic E-state index is 2.36. The second-order valence-corrected chi connectivity index (χ2v) is 13.0. The Morgan fingerprint density at radius 1 is 0.255 bits per heavy atom. The average molecular weight is 650 g/mol. The summed E-state index contributed by atoms with van der Waals surface area (Å²) in [6.45, 7) is 0. The van der Waals surface area contributed by atoms with Gasteiger partial charge in [-0.1, -0.05) is 176 Å². The first-order valence-corrected chi connectivity index (χ1v) is 17.5. The lowest BCUT2D eigenvalue weighted by atomic mass is 9.90. The van der Waals surface area contributed by atoms with Crippen LogP contribution in [-0.4, -0.2) is 0 Å². The second-order valence-electron chi connectivity index (χ2n) is 13.0. The van der Waals surface area contributed by atoms with Crippen LogP contribution in [0.4, 0.5) is 17.1 Å². The molecule has 9 rings (SSSR count). The van der Waals surface area contributed by atoms with E-state index in [0.717, 1.165) is 17.1 Å². The van der Waals surface area contributed by atoms with Crippen molar-refractivity contribution in [2.75, 3.05) is 4.90 Å². The van der Waals surface area contributed by atoms with E-state index in [1.54, 1.807) is 0 Å². The molecule has 0 aliphatic rings. The molecule has 0 aliphatic carbocycles. The molecule has 0 saturated carbocycles. The zero-order valence-corrected chi connectivity index (χ0v) is 28.2. The number of fused-ring (bicyclic) bond motifs is 2. The quantitative estimate of drug-likeness (QED) is 0.166. The van der Waals surface area contributed by atoms with E-state index in [0.29, 0.717) is 0 Å². The monoisotopic (exact) mass is 649 g/mol. The van der Waals surface area contributed by atoms with Crippen LogP contribution in [0.3, 0.4) is 0 Å². The highest BCUT2D eigenvalue weighted by Crippen LogP contribution is 2.41. The molecule has 0 aromatic heterocycles. The maximum Gasteiger partial charge on any atom is 0.0468 e. The van der Waals surface area contributed by atoms with Crippen molar-refractivity contribution in [2.45, 2.75) is 0 Å². The van der Waals surface area contributed by atoms with Crippen molar-refractivity contribution in [1.29, 1.82) is 0 Å². The lowest BCUT2D eigenvalue weighted by molar-refractivity contribution is 1.29. The lowest BCUT2D eigenvalue weighted by Gasteiger charge is -2.26. The Morgan fingerprint density at radius 3 is 1.31 bits per heavy atom. The molecule has 9 aromatic carbocycles. The number of nitrogens with zero attached hydrogens (tertiary/aromatic N) is 1. The van der Waals surface area contributed by atoms with Gasteiger partial charge in [-0.2, -0.15) is 0 Å². The van der Waals surface area contributed by atoms with Crippen LogP contribution in [0, 0.1) is 0 Å². The molecule has 0 atom stereocenters. The van der Waals surface area contributed by atoms with Gasteiger partial charge >= 0.3 is 0 Å². The number of anilines is 3. The Labute approximate surface area is 299 Å². The fraction of sp³-hybridized carbons (Fsp3) is 0. The average Bonchev–Trinajstić information content (AvgIpc) is 3.22. The van der Waals surface area contributed by atoms with Crippen LogP contribution < -0.4 is 4.90 Å². The molecule has 0 aliphatic heterocycles. The standard InChI is InChI=1S/C50H35N/c1-3-11-36(12-4-1)38-19-21-39(22-20-38)40-23-29-45(30-24-40)51(47-33-25-37-13-7-8-17-44(37)35-47)46-31-26-42(27-32-46)49-34-28-41-14-9-10-18-48(41)50(49)43-15-5-2-6-16-43/h1-35H. The van der Waals surface area contributed by atoms with Gasteiger partial charge in [0.05, 0.1) is 0 Å². The molecule has 1 heteroatoms. The number of hydrogen-bond donors (Lipinski definition) is 0. The van der Waals surface area contributed by atoms with Crippen LogP contribution in [0.2, 0.25) is 0 Å². The largest absolute Gasteiger partial charge is 0.310 e. The zero-order valence-electron chi connectivity index (χ0n) is 28.2. The number of rotatable bonds is 7. The summed E-state index contributed by atoms with van der Waals surface area (Å²) in [5.41, 5.74) is 13.1. The van der Waals surface area contributed by atoms with Crippen molar-refractivity contribution in [2.24, 2.45) is 0 Å². The minimum atomic E-state index is 1.11. The summed E-state index contributed by atoms with van der Waals surface area (Å²) in [6, 6.07) is 76.6. The van der Waals surface area contributed by atoms with E-state index < -0.39 is 0 Å². The van der Waals surface area contributed by atoms with E-state index >= 15 is 0 Å². The third-order valence-corrected chi connectivity index (χ3v) is 9.87. The Kier molecular flexibility index (Phi) is 7.92. The van der Waals surface area contributed by atoms with Gasteiger partial charge in [-0.15, -0.1) is 0 Å². The van der Waals surface area contributed by atoms with Gasteiger partial charge in [0.15, 0.2) is 0 Å². The van der Waals surface area contributed by atoms with E-state index in [-0.39, 0.29) is 0 Å². The SMILES string of the molecule is c1ccc(-c2ccc(-c3ccc(N(c4ccc(-c5ccc6ccccc6c5-c5ccccc5)cc4)c4ccc5ccccc5c4)cc3)cc2)cc1. The topological polar surface area (TPSA) is 3.24 Å². The van der Waals surface area contributed by atoms with E-state index in [4.69, 9.17) is 0 Å². The van der Waals surface area contributed by atoms with E-state index in [9.17, 15) is 0 Å². The summed E-state index contributed by atoms with van der Waals surface area (Å²) in [7, 11) is 0. The molecule has 0 bridgehead atoms. The zero-order chi connectivity index (χ0) is 34.0. The van der Waals surface area contributed by atoms with Crippen molar-refractivity contribution >= 4 is 38.6 Å². The lowest BCUT2D eigenvalue weighted by Crippen LogP contribution is -2.09. The fourth-order valence-corrected chi connectivity index (χ4v) is 7.27. The Hall–Kier alpha value is -6.70. The second kappa shape index (κ2) is 13.3. The van der Waals surface area contributed by atoms with Gasteiger partial charge < -0.3 is 4.90 Å². The van der Waals surface area contributed by atoms with Gasteiger partial charge in [-0.25, -0.2) is 0 Å². The molecular formula is C50H35N. The molecular weight excluding hydrogens is 615 g/mol. The predicted octanol–water partition coefficient (Wildman–Crippen LogP) is 14.1. The minimum Gasteiger partial charge on any atom is -0.310 e. The van der Waals surface area contributed by atoms with Crippen molar-refractivity contribution in [3.63, 3.8) is 0 Å². The molecule has 0 saturated heterocycles. The van der Waals surface area contributed by atoms with Crippen LogP contribution in [0.5, 0.6) is 0 Å². The third kappa shape index (κ3) is 5.96. The van der Waals surface area contributed by atoms with Crippen molar-refractivity contribution in [3.8, 4) is 44.5 Å². The smallest absolute Gasteiger partial charge is 0.0468 e. The first kappa shape index (κ1) is 30.4. The molecule has 0 radical (unpaired) electrons. The minimum absolute atomic E-state index is 1.11. The molecule has 1 nitrogen and oxygen atoms in total. The summed E-state index contributed by atoms with van der Waals surface area (Å²) >= 11 is 0. The van der Waals surface area contributed by atoms with Crippen molar-refractivity contribution in [1.82, 2.24) is 0 Å². The van der Waals surface area contributed by atoms with Gasteiger partial charge in [0.25, 0.3) is 0 Å². The third-order valence-electron chi connectivity index (χ3n) is 9.87. The molecule has 240 valence electrons. The molecule has 0 unspecified atom stereocenters. The molecule has 9 aromatic rings. The first-order chi connectivity index (χ1) is 25.3. The highest BCUT2D eigenvalue weighted by atomic mass is 15.1. The summed E-state index contributed by atoms with van der Waals surface area (Å²) < 4.78 is 0. The Morgan fingerprint density at radius 2 is 0.686 bits per heavy atom. The molecule has 0 heterocycles. The Balaban J connectivity index is 1.11. The van der Waals surface area contributed by atoms with Gasteiger partial charge in [0, 0.05) is 17.1 Å². The summed E-state index contributed by atoms with van der Waals surface area (Å²) in [5.74, 6) is 0. The van der Waals surface area contributed by atoms with Gasteiger partial charge in [0.2, 0.25) is 0 Å². The molecule has 51 heavy (non-hydrogen) atoms. The molecule has 0 fully saturated rings. The Bertz CT molecular complexity index is 2590. The summed E-state index contributed by atoms with van der Waals surface area (Å²) in [4.78, 5) is 2.36. The molecule has 0 N–H and O–H groups in total. The van der Waals surface area contributed by atoms with Crippen LogP contribution in [-0.2, 0) is 0 Å². The highest BCUT2D eigenvalue weighted by molar-refractivity contribution is 6.04. The normalized spacial score (nSPS) is 11.1. The highest BCUT2D eigenvalue weighted by Gasteiger charge is 2.16. The van der Waals surface area contributed by atoms with Gasteiger partial charge in [-0.3, -0.25) is 0 Å². The van der Waals surface area contributed by atoms with Crippen LogP contribution in [0.1, 0.15) is 0 Å². The van der Waals surface area contributed by atoms with E-state index in [1.165, 1.54) is 66.1 Å². The number of hydrogen-bond acceptors (Lipinski definition) is 1. The van der Waals surface area contributed by atoms with Crippen molar-refractivity contribution < 1.29 is 0 Å². The molecule has 0 amide bonds.